The number of hydrogen-bond acceptors (Lipinski definition) is 4. The molecule has 0 radical (unpaired) electrons. The van der Waals surface area contributed by atoms with Gasteiger partial charge in [0.2, 0.25) is 0 Å². The van der Waals surface area contributed by atoms with E-state index in [4.69, 9.17) is 21.1 Å². The summed E-state index contributed by atoms with van der Waals surface area (Å²) in [6.45, 7) is 0.286. The Labute approximate surface area is 135 Å². The molecular formula is C15H11BrClO4-. The summed E-state index contributed by atoms with van der Waals surface area (Å²) in [5.74, 6) is -0.777. The van der Waals surface area contributed by atoms with Gasteiger partial charge in [-0.1, -0.05) is 39.7 Å². The number of carbonyl (C=O) groups excluding carboxylic acids is 1. The van der Waals surface area contributed by atoms with Gasteiger partial charge in [-0.25, -0.2) is 0 Å². The van der Waals surface area contributed by atoms with E-state index in [2.05, 4.69) is 15.9 Å². The van der Waals surface area contributed by atoms with E-state index in [0.29, 0.717) is 5.75 Å². The van der Waals surface area contributed by atoms with Gasteiger partial charge in [-0.15, -0.1) is 0 Å². The van der Waals surface area contributed by atoms with Crippen LogP contribution in [0.1, 0.15) is 15.9 Å². The van der Waals surface area contributed by atoms with Crippen molar-refractivity contribution in [3.8, 4) is 11.5 Å². The van der Waals surface area contributed by atoms with Crippen LogP contribution in [0.3, 0.4) is 0 Å². The average molecular weight is 371 g/mol. The SMILES string of the molecule is COc1cc(C(=O)[O-])cc(Cl)c1OCc1ccc(Br)cc1. The summed E-state index contributed by atoms with van der Waals surface area (Å²) in [4.78, 5) is 10.9. The van der Waals surface area contributed by atoms with Crippen LogP contribution >= 0.6 is 27.5 Å². The van der Waals surface area contributed by atoms with Crippen molar-refractivity contribution in [3.05, 3.63) is 57.0 Å². The van der Waals surface area contributed by atoms with Gasteiger partial charge in [-0.3, -0.25) is 0 Å². The fraction of sp³-hybridized carbons (Fsp3) is 0.133. The molecule has 0 aliphatic rings. The van der Waals surface area contributed by atoms with Crippen LogP contribution in [0.4, 0.5) is 0 Å². The molecule has 110 valence electrons. The zero-order valence-corrected chi connectivity index (χ0v) is 13.4. The molecule has 0 heterocycles. The first-order valence-corrected chi connectivity index (χ1v) is 7.14. The number of carbonyl (C=O) groups is 1. The van der Waals surface area contributed by atoms with Crippen molar-refractivity contribution in [1.29, 1.82) is 0 Å². The van der Waals surface area contributed by atoms with E-state index in [0.717, 1.165) is 10.0 Å². The lowest BCUT2D eigenvalue weighted by Crippen LogP contribution is -2.22. The largest absolute Gasteiger partial charge is 0.545 e. The maximum Gasteiger partial charge on any atom is 0.180 e. The molecule has 0 fully saturated rings. The van der Waals surface area contributed by atoms with Crippen molar-refractivity contribution < 1.29 is 19.4 Å². The quantitative estimate of drug-likeness (QED) is 0.812. The molecule has 4 nitrogen and oxygen atoms in total. The topological polar surface area (TPSA) is 58.6 Å². The maximum absolute atomic E-state index is 10.9. The molecule has 0 N–H and O–H groups in total. The van der Waals surface area contributed by atoms with Gasteiger partial charge in [0.05, 0.1) is 18.1 Å². The fourth-order valence-electron chi connectivity index (χ4n) is 1.71. The minimum atomic E-state index is -1.32. The summed E-state index contributed by atoms with van der Waals surface area (Å²) in [5.41, 5.74) is 0.883. The van der Waals surface area contributed by atoms with Crippen LogP contribution in [0.2, 0.25) is 5.02 Å². The highest BCUT2D eigenvalue weighted by molar-refractivity contribution is 9.10. The molecule has 0 spiro atoms. The number of aromatic carboxylic acids is 1. The van der Waals surface area contributed by atoms with E-state index in [9.17, 15) is 9.90 Å². The van der Waals surface area contributed by atoms with Crippen molar-refractivity contribution in [1.82, 2.24) is 0 Å². The zero-order valence-electron chi connectivity index (χ0n) is 11.1. The number of carboxylic acid groups (broad SMARTS) is 1. The molecule has 2 aromatic rings. The Balaban J connectivity index is 2.23. The van der Waals surface area contributed by atoms with Crippen molar-refractivity contribution in [2.75, 3.05) is 7.11 Å². The first-order valence-electron chi connectivity index (χ1n) is 5.97. The molecule has 0 unspecified atom stereocenters. The van der Waals surface area contributed by atoms with Gasteiger partial charge < -0.3 is 19.4 Å². The number of methoxy groups -OCH3 is 1. The first kappa shape index (κ1) is 15.7. The second kappa shape index (κ2) is 6.83. The van der Waals surface area contributed by atoms with Gasteiger partial charge in [-0.2, -0.15) is 0 Å². The first-order chi connectivity index (χ1) is 10.0. The summed E-state index contributed by atoms with van der Waals surface area (Å²) < 4.78 is 11.7. The highest BCUT2D eigenvalue weighted by atomic mass is 79.9. The monoisotopic (exact) mass is 369 g/mol. The van der Waals surface area contributed by atoms with E-state index < -0.39 is 5.97 Å². The molecule has 0 atom stereocenters. The summed E-state index contributed by atoms with van der Waals surface area (Å²) in [5, 5.41) is 11.0. The molecule has 2 aromatic carbocycles. The van der Waals surface area contributed by atoms with Gasteiger partial charge in [0, 0.05) is 10.0 Å². The van der Waals surface area contributed by atoms with Crippen LogP contribution in [-0.2, 0) is 6.61 Å². The van der Waals surface area contributed by atoms with Crippen LogP contribution in [0.15, 0.2) is 40.9 Å². The smallest absolute Gasteiger partial charge is 0.180 e. The summed E-state index contributed by atoms with van der Waals surface area (Å²) in [6.07, 6.45) is 0. The Hall–Kier alpha value is -1.72. The maximum atomic E-state index is 10.9. The lowest BCUT2D eigenvalue weighted by atomic mass is 10.2. The lowest BCUT2D eigenvalue weighted by molar-refractivity contribution is -0.255. The van der Waals surface area contributed by atoms with Crippen LogP contribution in [0.25, 0.3) is 0 Å². The molecule has 0 aliphatic carbocycles. The predicted octanol–water partition coefficient (Wildman–Crippen LogP) is 3.05. The highest BCUT2D eigenvalue weighted by Gasteiger charge is 2.12. The third-order valence-corrected chi connectivity index (χ3v) is 3.57. The standard InChI is InChI=1S/C15H12BrClO4/c1-20-13-7-10(15(18)19)6-12(17)14(13)21-8-9-2-4-11(16)5-3-9/h2-7H,8H2,1H3,(H,18,19)/p-1. The van der Waals surface area contributed by atoms with Gasteiger partial charge >= 0.3 is 0 Å². The third kappa shape index (κ3) is 3.89. The number of carboxylic acids is 1. The number of halogens is 2. The molecule has 0 bridgehead atoms. The number of benzene rings is 2. The molecule has 0 saturated heterocycles. The second-order valence-electron chi connectivity index (χ2n) is 4.19. The normalized spacial score (nSPS) is 10.2. The Morgan fingerprint density at radius 2 is 1.95 bits per heavy atom. The fourth-order valence-corrected chi connectivity index (χ4v) is 2.24. The Bertz CT molecular complexity index is 655. The molecular weight excluding hydrogens is 360 g/mol. The molecule has 21 heavy (non-hydrogen) atoms. The Kier molecular flexibility index (Phi) is 5.09. The van der Waals surface area contributed by atoms with Gasteiger partial charge in [0.25, 0.3) is 0 Å². The van der Waals surface area contributed by atoms with Crippen LogP contribution in [-0.4, -0.2) is 13.1 Å². The predicted molar refractivity (Wildman–Crippen MR) is 80.8 cm³/mol. The Morgan fingerprint density at radius 3 is 2.52 bits per heavy atom. The molecule has 0 aromatic heterocycles. The van der Waals surface area contributed by atoms with E-state index in [1.807, 2.05) is 24.3 Å². The zero-order chi connectivity index (χ0) is 15.4. The molecule has 0 saturated carbocycles. The van der Waals surface area contributed by atoms with Gasteiger partial charge in [0.15, 0.2) is 11.5 Å². The summed E-state index contributed by atoms with van der Waals surface area (Å²) >= 11 is 9.40. The minimum Gasteiger partial charge on any atom is -0.545 e. The summed E-state index contributed by atoms with van der Waals surface area (Å²) in [7, 11) is 1.41. The van der Waals surface area contributed by atoms with Gasteiger partial charge in [0.1, 0.15) is 6.61 Å². The molecule has 0 amide bonds. The molecule has 2 rings (SSSR count). The number of ether oxygens (including phenoxy) is 2. The van der Waals surface area contributed by atoms with Crippen molar-refractivity contribution in [2.45, 2.75) is 6.61 Å². The number of hydrogen-bond donors (Lipinski definition) is 0. The van der Waals surface area contributed by atoms with E-state index in [1.165, 1.54) is 19.2 Å². The van der Waals surface area contributed by atoms with Gasteiger partial charge in [-0.05, 0) is 29.8 Å². The third-order valence-electron chi connectivity index (χ3n) is 2.76. The minimum absolute atomic E-state index is 0.0622. The van der Waals surface area contributed by atoms with Crippen LogP contribution in [0, 0.1) is 0 Å². The van der Waals surface area contributed by atoms with Crippen molar-refractivity contribution >= 4 is 33.5 Å². The van der Waals surface area contributed by atoms with Crippen LogP contribution in [0.5, 0.6) is 11.5 Å². The Morgan fingerprint density at radius 1 is 1.29 bits per heavy atom. The summed E-state index contributed by atoms with van der Waals surface area (Å²) in [6, 6.07) is 10.2. The number of rotatable bonds is 5. The average Bonchev–Trinajstić information content (AvgIpc) is 2.46. The second-order valence-corrected chi connectivity index (χ2v) is 5.51. The van der Waals surface area contributed by atoms with E-state index in [-0.39, 0.29) is 22.9 Å². The highest BCUT2D eigenvalue weighted by Crippen LogP contribution is 2.36. The van der Waals surface area contributed by atoms with Crippen molar-refractivity contribution in [3.63, 3.8) is 0 Å². The van der Waals surface area contributed by atoms with Crippen molar-refractivity contribution in [2.24, 2.45) is 0 Å². The molecule has 6 heteroatoms. The van der Waals surface area contributed by atoms with E-state index >= 15 is 0 Å². The van der Waals surface area contributed by atoms with E-state index in [1.54, 1.807) is 0 Å². The van der Waals surface area contributed by atoms with Crippen LogP contribution < -0.4 is 14.6 Å². The lowest BCUT2D eigenvalue weighted by Gasteiger charge is -2.14. The molecule has 0 aliphatic heterocycles.